The molecular formula is C16H21N3O. The second-order valence-corrected chi connectivity index (χ2v) is 5.22. The third kappa shape index (κ3) is 2.85. The molecule has 0 amide bonds. The first-order valence-electron chi connectivity index (χ1n) is 7.35. The Morgan fingerprint density at radius 2 is 2.25 bits per heavy atom. The first-order valence-corrected chi connectivity index (χ1v) is 7.35. The van der Waals surface area contributed by atoms with Crippen molar-refractivity contribution in [3.05, 3.63) is 47.3 Å². The number of nitrogens with one attached hydrogen (secondary N) is 1. The Balaban J connectivity index is 1.71. The number of aryl methyl sites for hydroxylation is 1. The fraction of sp³-hybridized carbons (Fsp3) is 0.438. The van der Waals surface area contributed by atoms with E-state index in [2.05, 4.69) is 52.6 Å². The number of benzene rings is 1. The fourth-order valence-corrected chi connectivity index (χ4v) is 2.73. The van der Waals surface area contributed by atoms with E-state index in [1.165, 1.54) is 24.1 Å². The SMILES string of the molecule is CCNCc1cc(CN2CCCc3ccccc32)on1. The average molecular weight is 271 g/mol. The van der Waals surface area contributed by atoms with Crippen LogP contribution in [0, 0.1) is 0 Å². The Labute approximate surface area is 119 Å². The van der Waals surface area contributed by atoms with Crippen molar-refractivity contribution in [2.75, 3.05) is 18.0 Å². The molecule has 3 rings (SSSR count). The van der Waals surface area contributed by atoms with Gasteiger partial charge in [-0.2, -0.15) is 0 Å². The van der Waals surface area contributed by atoms with Gasteiger partial charge < -0.3 is 14.7 Å². The topological polar surface area (TPSA) is 41.3 Å². The van der Waals surface area contributed by atoms with Crippen LogP contribution in [0.3, 0.4) is 0 Å². The van der Waals surface area contributed by atoms with E-state index in [4.69, 9.17) is 4.52 Å². The molecule has 106 valence electrons. The number of anilines is 1. The molecule has 0 bridgehead atoms. The summed E-state index contributed by atoms with van der Waals surface area (Å²) < 4.78 is 5.45. The smallest absolute Gasteiger partial charge is 0.156 e. The summed E-state index contributed by atoms with van der Waals surface area (Å²) in [5.74, 6) is 0.939. The number of hydrogen-bond acceptors (Lipinski definition) is 4. The minimum absolute atomic E-state index is 0.774. The normalized spacial score (nSPS) is 14.3. The Bertz CT molecular complexity index is 564. The Hall–Kier alpha value is -1.81. The number of nitrogens with zero attached hydrogens (tertiary/aromatic N) is 2. The maximum atomic E-state index is 5.45. The molecule has 0 unspecified atom stereocenters. The van der Waals surface area contributed by atoms with Gasteiger partial charge in [-0.05, 0) is 31.0 Å². The highest BCUT2D eigenvalue weighted by Gasteiger charge is 2.17. The molecule has 2 heterocycles. The summed E-state index contributed by atoms with van der Waals surface area (Å²) in [5.41, 5.74) is 3.75. The van der Waals surface area contributed by atoms with Crippen LogP contribution in [-0.2, 0) is 19.5 Å². The van der Waals surface area contributed by atoms with Crippen molar-refractivity contribution < 1.29 is 4.52 Å². The van der Waals surface area contributed by atoms with Crippen LogP contribution in [0.1, 0.15) is 30.4 Å². The van der Waals surface area contributed by atoms with E-state index >= 15 is 0 Å². The molecule has 0 fully saturated rings. The van der Waals surface area contributed by atoms with Gasteiger partial charge in [0, 0.05) is 24.8 Å². The summed E-state index contributed by atoms with van der Waals surface area (Å²) >= 11 is 0. The predicted octanol–water partition coefficient (Wildman–Crippen LogP) is 2.74. The molecule has 1 aromatic carbocycles. The van der Waals surface area contributed by atoms with E-state index in [0.29, 0.717) is 0 Å². The second kappa shape index (κ2) is 6.09. The zero-order chi connectivity index (χ0) is 13.8. The highest BCUT2D eigenvalue weighted by Crippen LogP contribution is 2.28. The van der Waals surface area contributed by atoms with Gasteiger partial charge in [0.05, 0.1) is 12.2 Å². The molecular weight excluding hydrogens is 250 g/mol. The molecule has 1 aliphatic rings. The highest BCUT2D eigenvalue weighted by molar-refractivity contribution is 5.55. The lowest BCUT2D eigenvalue weighted by Crippen LogP contribution is -2.28. The van der Waals surface area contributed by atoms with Crippen LogP contribution in [0.25, 0.3) is 0 Å². The van der Waals surface area contributed by atoms with E-state index < -0.39 is 0 Å². The molecule has 1 aliphatic heterocycles. The maximum Gasteiger partial charge on any atom is 0.156 e. The van der Waals surface area contributed by atoms with Gasteiger partial charge in [0.15, 0.2) is 5.76 Å². The first-order chi connectivity index (χ1) is 9.86. The number of para-hydroxylation sites is 1. The van der Waals surface area contributed by atoms with Crippen molar-refractivity contribution in [2.45, 2.75) is 32.9 Å². The van der Waals surface area contributed by atoms with Crippen molar-refractivity contribution in [2.24, 2.45) is 0 Å². The summed E-state index contributed by atoms with van der Waals surface area (Å²) in [6, 6.07) is 10.7. The summed E-state index contributed by atoms with van der Waals surface area (Å²) in [6.45, 7) is 5.69. The number of aromatic nitrogens is 1. The largest absolute Gasteiger partial charge is 0.364 e. The van der Waals surface area contributed by atoms with E-state index in [1.807, 2.05) is 0 Å². The molecule has 4 heteroatoms. The van der Waals surface area contributed by atoms with E-state index in [1.54, 1.807) is 0 Å². The fourth-order valence-electron chi connectivity index (χ4n) is 2.73. The highest BCUT2D eigenvalue weighted by atomic mass is 16.5. The van der Waals surface area contributed by atoms with Crippen molar-refractivity contribution in [3.63, 3.8) is 0 Å². The lowest BCUT2D eigenvalue weighted by Gasteiger charge is -2.30. The molecule has 0 radical (unpaired) electrons. The lowest BCUT2D eigenvalue weighted by atomic mass is 10.0. The molecule has 1 aromatic heterocycles. The van der Waals surface area contributed by atoms with E-state index in [-0.39, 0.29) is 0 Å². The molecule has 0 atom stereocenters. The van der Waals surface area contributed by atoms with Crippen molar-refractivity contribution in [1.82, 2.24) is 10.5 Å². The Kier molecular flexibility index (Phi) is 4.02. The van der Waals surface area contributed by atoms with Crippen molar-refractivity contribution in [3.8, 4) is 0 Å². The molecule has 0 saturated carbocycles. The molecule has 20 heavy (non-hydrogen) atoms. The van der Waals surface area contributed by atoms with Crippen molar-refractivity contribution >= 4 is 5.69 Å². The second-order valence-electron chi connectivity index (χ2n) is 5.22. The van der Waals surface area contributed by atoms with Crippen LogP contribution in [0.15, 0.2) is 34.9 Å². The van der Waals surface area contributed by atoms with E-state index in [9.17, 15) is 0 Å². The molecule has 4 nitrogen and oxygen atoms in total. The van der Waals surface area contributed by atoms with Crippen LogP contribution >= 0.6 is 0 Å². The number of rotatable bonds is 5. The minimum Gasteiger partial charge on any atom is -0.364 e. The molecule has 0 aliphatic carbocycles. The van der Waals surface area contributed by atoms with Gasteiger partial charge in [-0.3, -0.25) is 0 Å². The van der Waals surface area contributed by atoms with Gasteiger partial charge in [-0.1, -0.05) is 30.3 Å². The van der Waals surface area contributed by atoms with Gasteiger partial charge in [0.1, 0.15) is 0 Å². The van der Waals surface area contributed by atoms with Gasteiger partial charge >= 0.3 is 0 Å². The van der Waals surface area contributed by atoms with Gasteiger partial charge in [0.25, 0.3) is 0 Å². The summed E-state index contributed by atoms with van der Waals surface area (Å²) in [7, 11) is 0. The molecule has 0 spiro atoms. The monoisotopic (exact) mass is 271 g/mol. The third-order valence-corrected chi connectivity index (χ3v) is 3.72. The molecule has 1 N–H and O–H groups in total. The first kappa shape index (κ1) is 13.2. The summed E-state index contributed by atoms with van der Waals surface area (Å²) in [5, 5.41) is 7.37. The standard InChI is InChI=1S/C16H21N3O/c1-2-17-11-14-10-15(20-18-14)12-19-9-5-7-13-6-3-4-8-16(13)19/h3-4,6,8,10,17H,2,5,7,9,11-12H2,1H3. The quantitative estimate of drug-likeness (QED) is 0.908. The summed E-state index contributed by atoms with van der Waals surface area (Å²) in [6.07, 6.45) is 2.38. The number of hydrogen-bond donors (Lipinski definition) is 1. The zero-order valence-electron chi connectivity index (χ0n) is 11.9. The van der Waals surface area contributed by atoms with Gasteiger partial charge in [-0.25, -0.2) is 0 Å². The zero-order valence-corrected chi connectivity index (χ0v) is 11.9. The van der Waals surface area contributed by atoms with Crippen LogP contribution < -0.4 is 10.2 Å². The summed E-state index contributed by atoms with van der Waals surface area (Å²) in [4.78, 5) is 2.39. The molecule has 2 aromatic rings. The predicted molar refractivity (Wildman–Crippen MR) is 79.7 cm³/mol. The lowest BCUT2D eigenvalue weighted by molar-refractivity contribution is 0.372. The van der Waals surface area contributed by atoms with Crippen LogP contribution in [-0.4, -0.2) is 18.2 Å². The van der Waals surface area contributed by atoms with Gasteiger partial charge in [-0.15, -0.1) is 0 Å². The van der Waals surface area contributed by atoms with E-state index in [0.717, 1.165) is 37.6 Å². The third-order valence-electron chi connectivity index (χ3n) is 3.72. The maximum absolute atomic E-state index is 5.45. The minimum atomic E-state index is 0.774. The van der Waals surface area contributed by atoms with Gasteiger partial charge in [0.2, 0.25) is 0 Å². The van der Waals surface area contributed by atoms with Crippen LogP contribution in [0.2, 0.25) is 0 Å². The average Bonchev–Trinajstić information content (AvgIpc) is 2.93. The Morgan fingerprint density at radius 3 is 3.15 bits per heavy atom. The van der Waals surface area contributed by atoms with Crippen LogP contribution in [0.4, 0.5) is 5.69 Å². The molecule has 0 saturated heterocycles. The van der Waals surface area contributed by atoms with Crippen molar-refractivity contribution in [1.29, 1.82) is 0 Å². The Morgan fingerprint density at radius 1 is 1.35 bits per heavy atom. The van der Waals surface area contributed by atoms with Crippen LogP contribution in [0.5, 0.6) is 0 Å². The number of fused-ring (bicyclic) bond motifs is 1.